The number of rotatable bonds is 3. The van der Waals surface area contributed by atoms with E-state index in [0.717, 1.165) is 24.5 Å². The Morgan fingerprint density at radius 3 is 2.28 bits per heavy atom. The van der Waals surface area contributed by atoms with E-state index in [-0.39, 0.29) is 27.4 Å². The number of benzene rings is 1. The van der Waals surface area contributed by atoms with Crippen LogP contribution < -0.4 is 5.32 Å². The highest BCUT2D eigenvalue weighted by atomic mass is 32.2. The Kier molecular flexibility index (Phi) is 4.73. The van der Waals surface area contributed by atoms with Crippen molar-refractivity contribution in [2.45, 2.75) is 25.9 Å². The second-order valence-corrected chi connectivity index (χ2v) is 7.77. The molecule has 0 spiro atoms. The normalized spacial score (nSPS) is 19.0. The van der Waals surface area contributed by atoms with Crippen LogP contribution in [0.25, 0.3) is 0 Å². The number of dihydropyridines is 1. The van der Waals surface area contributed by atoms with Gasteiger partial charge in [0.1, 0.15) is 0 Å². The molecule has 0 radical (unpaired) electrons. The van der Waals surface area contributed by atoms with Crippen molar-refractivity contribution in [2.75, 3.05) is 6.26 Å². The van der Waals surface area contributed by atoms with Crippen molar-refractivity contribution in [3.8, 4) is 0 Å². The lowest BCUT2D eigenvalue weighted by Crippen LogP contribution is -2.31. The number of hydrogen-bond donors (Lipinski definition) is 2. The Hall–Kier alpha value is -2.29. The summed E-state index contributed by atoms with van der Waals surface area (Å²) < 4.78 is 63.4. The highest BCUT2D eigenvalue weighted by Gasteiger charge is 2.39. The second kappa shape index (κ2) is 6.21. The van der Waals surface area contributed by atoms with Gasteiger partial charge in [-0.05, 0) is 25.5 Å². The molecule has 5 nitrogen and oxygen atoms in total. The van der Waals surface area contributed by atoms with E-state index in [1.54, 1.807) is 0 Å². The highest BCUT2D eigenvalue weighted by Crippen LogP contribution is 2.42. The molecule has 0 fully saturated rings. The maximum absolute atomic E-state index is 13.0. The molecule has 2 rings (SSSR count). The number of alkyl halides is 3. The number of sulfone groups is 1. The first kappa shape index (κ1) is 19.0. The zero-order valence-electron chi connectivity index (χ0n) is 13.6. The number of halogens is 3. The minimum atomic E-state index is -4.63. The average Bonchev–Trinajstić information content (AvgIpc) is 2.43. The molecule has 0 aromatic heterocycles. The third kappa shape index (κ3) is 3.71. The van der Waals surface area contributed by atoms with Crippen LogP contribution in [-0.2, 0) is 20.8 Å². The van der Waals surface area contributed by atoms with Gasteiger partial charge in [-0.25, -0.2) is 13.2 Å². The molecule has 25 heavy (non-hydrogen) atoms. The first-order valence-electron chi connectivity index (χ1n) is 7.13. The van der Waals surface area contributed by atoms with Gasteiger partial charge in [0.25, 0.3) is 0 Å². The fourth-order valence-corrected chi connectivity index (χ4v) is 4.25. The van der Waals surface area contributed by atoms with Crippen LogP contribution >= 0.6 is 0 Å². The summed E-state index contributed by atoms with van der Waals surface area (Å²) in [4.78, 5) is 11.4. The zero-order valence-corrected chi connectivity index (χ0v) is 14.4. The molecule has 9 heteroatoms. The maximum Gasteiger partial charge on any atom is 0.416 e. The predicted molar refractivity (Wildman–Crippen MR) is 85.2 cm³/mol. The Morgan fingerprint density at radius 1 is 1.20 bits per heavy atom. The highest BCUT2D eigenvalue weighted by molar-refractivity contribution is 7.94. The number of hydrogen-bond acceptors (Lipinski definition) is 4. The molecule has 0 bridgehead atoms. The van der Waals surface area contributed by atoms with Gasteiger partial charge >= 0.3 is 12.1 Å². The molecule has 1 aromatic rings. The summed E-state index contributed by atoms with van der Waals surface area (Å²) in [6, 6.07) is 4.05. The van der Waals surface area contributed by atoms with Crippen LogP contribution in [0.5, 0.6) is 0 Å². The van der Waals surface area contributed by atoms with Crippen LogP contribution in [0.3, 0.4) is 0 Å². The van der Waals surface area contributed by atoms with Crippen molar-refractivity contribution < 1.29 is 31.5 Å². The SMILES string of the molecule is CC1=C(C(=O)O)C(c2cccc(C(F)(F)F)c2)C(S(C)(=O)=O)=C(C)N1. The quantitative estimate of drug-likeness (QED) is 0.849. The average molecular weight is 375 g/mol. The maximum atomic E-state index is 13.0. The lowest BCUT2D eigenvalue weighted by Gasteiger charge is -2.30. The van der Waals surface area contributed by atoms with Crippen LogP contribution in [0, 0.1) is 0 Å². The summed E-state index contributed by atoms with van der Waals surface area (Å²) in [6.45, 7) is 2.88. The molecule has 1 atom stereocenters. The van der Waals surface area contributed by atoms with E-state index in [1.165, 1.54) is 19.9 Å². The molecule has 2 N–H and O–H groups in total. The number of nitrogens with one attached hydrogen (secondary N) is 1. The number of carbonyl (C=O) groups is 1. The fraction of sp³-hybridized carbons (Fsp3) is 0.312. The van der Waals surface area contributed by atoms with Crippen molar-refractivity contribution in [1.82, 2.24) is 5.32 Å². The summed E-state index contributed by atoms with van der Waals surface area (Å²) in [5.41, 5.74) is -0.957. The van der Waals surface area contributed by atoms with Gasteiger partial charge in [-0.15, -0.1) is 0 Å². The summed E-state index contributed by atoms with van der Waals surface area (Å²) in [5.74, 6) is -2.72. The Morgan fingerprint density at radius 2 is 1.80 bits per heavy atom. The van der Waals surface area contributed by atoms with Gasteiger partial charge in [-0.3, -0.25) is 0 Å². The number of carboxylic acids is 1. The van der Waals surface area contributed by atoms with E-state index in [2.05, 4.69) is 5.32 Å². The monoisotopic (exact) mass is 375 g/mol. The van der Waals surface area contributed by atoms with Crippen molar-refractivity contribution in [2.24, 2.45) is 0 Å². The van der Waals surface area contributed by atoms with E-state index >= 15 is 0 Å². The summed E-state index contributed by atoms with van der Waals surface area (Å²) >= 11 is 0. The van der Waals surface area contributed by atoms with E-state index in [0.29, 0.717) is 0 Å². The molecule has 1 aliphatic heterocycles. The van der Waals surface area contributed by atoms with Gasteiger partial charge in [-0.1, -0.05) is 18.2 Å². The first-order chi connectivity index (χ1) is 11.3. The molecule has 0 aliphatic carbocycles. The standard InChI is InChI=1S/C16H16F3NO4S/c1-8-12(15(21)22)13(14(9(2)20-8)25(3,23)24)10-5-4-6-11(7-10)16(17,18)19/h4-7,13,20H,1-3H3,(H,21,22). The summed E-state index contributed by atoms with van der Waals surface area (Å²) in [5, 5.41) is 12.2. The van der Waals surface area contributed by atoms with Gasteiger partial charge in [0, 0.05) is 17.6 Å². The molecule has 1 unspecified atom stereocenters. The van der Waals surface area contributed by atoms with E-state index in [1.807, 2.05) is 0 Å². The molecular formula is C16H16F3NO4S. The van der Waals surface area contributed by atoms with Crippen LogP contribution in [0.2, 0.25) is 0 Å². The zero-order chi connectivity index (χ0) is 19.2. The molecule has 1 heterocycles. The molecule has 0 saturated carbocycles. The second-order valence-electron chi connectivity index (χ2n) is 5.79. The molecule has 1 aliphatic rings. The third-order valence-corrected chi connectivity index (χ3v) is 5.22. The molecule has 136 valence electrons. The number of carboxylic acid groups (broad SMARTS) is 1. The molecule has 1 aromatic carbocycles. The smallest absolute Gasteiger partial charge is 0.416 e. The minimum absolute atomic E-state index is 0.0483. The van der Waals surface area contributed by atoms with E-state index < -0.39 is 33.5 Å². The number of allylic oxidation sites excluding steroid dienone is 3. The van der Waals surface area contributed by atoms with Crippen LogP contribution in [0.1, 0.15) is 30.9 Å². The van der Waals surface area contributed by atoms with E-state index in [9.17, 15) is 31.5 Å². The largest absolute Gasteiger partial charge is 0.478 e. The summed E-state index contributed by atoms with van der Waals surface area (Å²) in [7, 11) is -3.87. The summed E-state index contributed by atoms with van der Waals surface area (Å²) in [6.07, 6.45) is -3.73. The number of aliphatic carboxylic acids is 1. The van der Waals surface area contributed by atoms with Crippen LogP contribution in [0.15, 0.2) is 46.1 Å². The van der Waals surface area contributed by atoms with Gasteiger partial charge in [0.15, 0.2) is 9.84 Å². The van der Waals surface area contributed by atoms with Gasteiger partial charge in [0.05, 0.1) is 22.0 Å². The third-order valence-electron chi connectivity index (χ3n) is 3.88. The Balaban J connectivity index is 2.79. The van der Waals surface area contributed by atoms with E-state index in [4.69, 9.17) is 0 Å². The van der Waals surface area contributed by atoms with Crippen molar-refractivity contribution in [3.05, 3.63) is 57.3 Å². The fourth-order valence-electron chi connectivity index (χ4n) is 2.96. The van der Waals surface area contributed by atoms with Crippen molar-refractivity contribution in [3.63, 3.8) is 0 Å². The van der Waals surface area contributed by atoms with Crippen LogP contribution in [-0.4, -0.2) is 25.7 Å². The molecule has 0 amide bonds. The van der Waals surface area contributed by atoms with Gasteiger partial charge in [-0.2, -0.15) is 13.2 Å². The van der Waals surface area contributed by atoms with Crippen molar-refractivity contribution in [1.29, 1.82) is 0 Å². The first-order valence-corrected chi connectivity index (χ1v) is 9.02. The topological polar surface area (TPSA) is 83.5 Å². The lowest BCUT2D eigenvalue weighted by molar-refractivity contribution is -0.137. The Bertz CT molecular complexity index is 898. The van der Waals surface area contributed by atoms with Gasteiger partial charge < -0.3 is 10.4 Å². The van der Waals surface area contributed by atoms with Crippen molar-refractivity contribution >= 4 is 15.8 Å². The predicted octanol–water partition coefficient (Wildman–Crippen LogP) is 3.03. The Labute approximate surface area is 142 Å². The molecular weight excluding hydrogens is 359 g/mol. The lowest BCUT2D eigenvalue weighted by atomic mass is 9.86. The van der Waals surface area contributed by atoms with Crippen LogP contribution in [0.4, 0.5) is 13.2 Å². The van der Waals surface area contributed by atoms with Gasteiger partial charge in [0.2, 0.25) is 0 Å². The minimum Gasteiger partial charge on any atom is -0.478 e. The molecule has 0 saturated heterocycles.